The number of pyridine rings is 1. The number of nitrogens with one attached hydrogen (secondary N) is 1. The van der Waals surface area contributed by atoms with Crippen LogP contribution in [0.2, 0.25) is 0 Å². The van der Waals surface area contributed by atoms with Gasteiger partial charge in [0.15, 0.2) is 0 Å². The van der Waals surface area contributed by atoms with Gasteiger partial charge in [0.05, 0.1) is 11.5 Å². The maximum Gasteiger partial charge on any atom is 0.241 e. The molecule has 0 amide bonds. The molecule has 0 saturated carbocycles. The second-order valence-electron chi connectivity index (χ2n) is 5.48. The van der Waals surface area contributed by atoms with Crippen molar-refractivity contribution in [3.8, 4) is 0 Å². The topological polar surface area (TPSA) is 79.3 Å². The van der Waals surface area contributed by atoms with E-state index in [4.69, 9.17) is 5.11 Å². The molecule has 0 fully saturated rings. The summed E-state index contributed by atoms with van der Waals surface area (Å²) in [6.45, 7) is 0.311. The molecule has 0 aliphatic heterocycles. The molecule has 2 N–H and O–H groups in total. The van der Waals surface area contributed by atoms with Crippen molar-refractivity contribution in [3.63, 3.8) is 0 Å². The van der Waals surface area contributed by atoms with Gasteiger partial charge in [-0.3, -0.25) is 4.98 Å². The van der Waals surface area contributed by atoms with Crippen LogP contribution < -0.4 is 4.72 Å². The molecule has 3 aromatic rings. The lowest BCUT2D eigenvalue weighted by Crippen LogP contribution is -2.26. The quantitative estimate of drug-likeness (QED) is 0.720. The van der Waals surface area contributed by atoms with Crippen LogP contribution >= 0.6 is 0 Å². The minimum atomic E-state index is -3.59. The van der Waals surface area contributed by atoms with Gasteiger partial charge in [0.25, 0.3) is 0 Å². The highest BCUT2D eigenvalue weighted by Crippen LogP contribution is 2.21. The van der Waals surface area contributed by atoms with Crippen molar-refractivity contribution in [1.82, 2.24) is 9.71 Å². The van der Waals surface area contributed by atoms with Crippen LogP contribution in [0.25, 0.3) is 10.8 Å². The highest BCUT2D eigenvalue weighted by molar-refractivity contribution is 7.89. The Morgan fingerprint density at radius 2 is 1.75 bits per heavy atom. The Bertz CT molecular complexity index is 933. The van der Waals surface area contributed by atoms with E-state index in [0.29, 0.717) is 18.4 Å². The molecular weight excluding hydrogens is 324 g/mol. The first kappa shape index (κ1) is 16.6. The first-order chi connectivity index (χ1) is 11.6. The molecular formula is C18H18N2O3S. The Hall–Kier alpha value is -2.28. The van der Waals surface area contributed by atoms with Gasteiger partial charge in [-0.2, -0.15) is 0 Å². The van der Waals surface area contributed by atoms with E-state index in [1.807, 2.05) is 30.3 Å². The molecule has 0 saturated heterocycles. The number of aliphatic hydroxyl groups is 1. The SMILES string of the molecule is O=S(=O)(NCCc1ccc(CO)cc1)c1cccc2cnccc12. The van der Waals surface area contributed by atoms with Crippen molar-refractivity contribution in [1.29, 1.82) is 0 Å². The second-order valence-corrected chi connectivity index (χ2v) is 7.21. The molecule has 5 nitrogen and oxygen atoms in total. The molecule has 0 aliphatic carbocycles. The lowest BCUT2D eigenvalue weighted by molar-refractivity contribution is 0.282. The minimum absolute atomic E-state index is 0.00283. The van der Waals surface area contributed by atoms with E-state index >= 15 is 0 Å². The van der Waals surface area contributed by atoms with Gasteiger partial charge in [0.1, 0.15) is 0 Å². The normalized spacial score (nSPS) is 11.7. The van der Waals surface area contributed by atoms with E-state index < -0.39 is 10.0 Å². The molecule has 0 atom stereocenters. The van der Waals surface area contributed by atoms with Crippen molar-refractivity contribution >= 4 is 20.8 Å². The fourth-order valence-corrected chi connectivity index (χ4v) is 3.81. The number of fused-ring (bicyclic) bond motifs is 1. The summed E-state index contributed by atoms with van der Waals surface area (Å²) >= 11 is 0. The molecule has 6 heteroatoms. The largest absolute Gasteiger partial charge is 0.392 e. The van der Waals surface area contributed by atoms with E-state index in [1.165, 1.54) is 0 Å². The third-order valence-electron chi connectivity index (χ3n) is 3.84. The van der Waals surface area contributed by atoms with Gasteiger partial charge in [-0.25, -0.2) is 13.1 Å². The molecule has 0 aliphatic rings. The number of sulfonamides is 1. The van der Waals surface area contributed by atoms with Crippen LogP contribution in [0.3, 0.4) is 0 Å². The number of hydrogen-bond donors (Lipinski definition) is 2. The first-order valence-electron chi connectivity index (χ1n) is 7.61. The van der Waals surface area contributed by atoms with Gasteiger partial charge in [0, 0.05) is 29.7 Å². The standard InChI is InChI=1S/C18H18N2O3S/c21-13-15-6-4-14(5-7-15)8-11-20-24(22,23)18-3-1-2-16-12-19-10-9-17(16)18/h1-7,9-10,12,20-21H,8,11,13H2. The van der Waals surface area contributed by atoms with Gasteiger partial charge in [-0.1, -0.05) is 36.4 Å². The summed E-state index contributed by atoms with van der Waals surface area (Å²) in [4.78, 5) is 4.28. The average Bonchev–Trinajstić information content (AvgIpc) is 2.61. The summed E-state index contributed by atoms with van der Waals surface area (Å²) in [5.41, 5.74) is 1.85. The zero-order valence-electron chi connectivity index (χ0n) is 13.0. The Labute approximate surface area is 141 Å². The van der Waals surface area contributed by atoms with Crippen molar-refractivity contribution in [3.05, 3.63) is 72.1 Å². The summed E-state index contributed by atoms with van der Waals surface area (Å²) in [6, 6.07) is 14.3. The van der Waals surface area contributed by atoms with Crippen LogP contribution in [0.1, 0.15) is 11.1 Å². The van der Waals surface area contributed by atoms with Crippen molar-refractivity contribution in [2.45, 2.75) is 17.9 Å². The van der Waals surface area contributed by atoms with Gasteiger partial charge in [0.2, 0.25) is 10.0 Å². The minimum Gasteiger partial charge on any atom is -0.392 e. The van der Waals surface area contributed by atoms with Gasteiger partial charge in [-0.15, -0.1) is 0 Å². The Kier molecular flexibility index (Phi) is 4.89. The van der Waals surface area contributed by atoms with Crippen LogP contribution in [0, 0.1) is 0 Å². The van der Waals surface area contributed by atoms with Gasteiger partial charge >= 0.3 is 0 Å². The van der Waals surface area contributed by atoms with E-state index in [0.717, 1.165) is 16.5 Å². The molecule has 0 radical (unpaired) electrons. The lowest BCUT2D eigenvalue weighted by atomic mass is 10.1. The number of hydrogen-bond acceptors (Lipinski definition) is 4. The number of nitrogens with zero attached hydrogens (tertiary/aromatic N) is 1. The number of aliphatic hydroxyl groups excluding tert-OH is 1. The summed E-state index contributed by atoms with van der Waals surface area (Å²) in [7, 11) is -3.59. The zero-order valence-corrected chi connectivity index (χ0v) is 13.8. The molecule has 124 valence electrons. The third-order valence-corrected chi connectivity index (χ3v) is 5.36. The molecule has 1 heterocycles. The molecule has 0 unspecified atom stereocenters. The second kappa shape index (κ2) is 7.09. The number of benzene rings is 2. The molecule has 0 bridgehead atoms. The first-order valence-corrected chi connectivity index (χ1v) is 9.09. The maximum atomic E-state index is 12.6. The molecule has 24 heavy (non-hydrogen) atoms. The highest BCUT2D eigenvalue weighted by atomic mass is 32.2. The number of rotatable bonds is 6. The van der Waals surface area contributed by atoms with E-state index in [9.17, 15) is 8.42 Å². The van der Waals surface area contributed by atoms with Crippen molar-refractivity contribution in [2.75, 3.05) is 6.54 Å². The fourth-order valence-electron chi connectivity index (χ4n) is 2.55. The van der Waals surface area contributed by atoms with Gasteiger partial charge in [-0.05, 0) is 29.7 Å². The molecule has 3 rings (SSSR count). The summed E-state index contributed by atoms with van der Waals surface area (Å²) in [5.74, 6) is 0. The lowest BCUT2D eigenvalue weighted by Gasteiger charge is -2.09. The monoisotopic (exact) mass is 342 g/mol. The fraction of sp³-hybridized carbons (Fsp3) is 0.167. The summed E-state index contributed by atoms with van der Waals surface area (Å²) < 4.78 is 27.8. The predicted octanol–water partition coefficient (Wildman–Crippen LogP) is 2.25. The van der Waals surface area contributed by atoms with Gasteiger partial charge < -0.3 is 5.11 Å². The average molecular weight is 342 g/mol. The molecule has 1 aromatic heterocycles. The number of aromatic nitrogens is 1. The van der Waals surface area contributed by atoms with Crippen LogP contribution in [0.5, 0.6) is 0 Å². The third kappa shape index (κ3) is 3.62. The predicted molar refractivity (Wildman–Crippen MR) is 93.0 cm³/mol. The Morgan fingerprint density at radius 1 is 1.00 bits per heavy atom. The highest BCUT2D eigenvalue weighted by Gasteiger charge is 2.16. The van der Waals surface area contributed by atoms with Crippen LogP contribution in [-0.2, 0) is 23.1 Å². The van der Waals surface area contributed by atoms with E-state index in [2.05, 4.69) is 9.71 Å². The summed E-state index contributed by atoms with van der Waals surface area (Å²) in [6.07, 6.45) is 3.82. The molecule has 2 aromatic carbocycles. The van der Waals surface area contributed by atoms with Crippen molar-refractivity contribution < 1.29 is 13.5 Å². The molecule has 0 spiro atoms. The van der Waals surface area contributed by atoms with Crippen LogP contribution in [0.15, 0.2) is 65.8 Å². The zero-order chi connectivity index (χ0) is 17.0. The van der Waals surface area contributed by atoms with Crippen molar-refractivity contribution in [2.24, 2.45) is 0 Å². The Balaban J connectivity index is 1.73. The Morgan fingerprint density at radius 3 is 2.50 bits per heavy atom. The smallest absolute Gasteiger partial charge is 0.241 e. The van der Waals surface area contributed by atoms with E-state index in [1.54, 1.807) is 30.6 Å². The van der Waals surface area contributed by atoms with Crippen LogP contribution in [-0.4, -0.2) is 25.1 Å². The maximum absolute atomic E-state index is 12.6. The summed E-state index contributed by atoms with van der Waals surface area (Å²) in [5, 5.41) is 10.5. The van der Waals surface area contributed by atoms with E-state index in [-0.39, 0.29) is 11.5 Å². The van der Waals surface area contributed by atoms with Crippen LogP contribution in [0.4, 0.5) is 0 Å².